The van der Waals surface area contributed by atoms with E-state index in [1.165, 1.54) is 6.26 Å². The van der Waals surface area contributed by atoms with Crippen LogP contribution in [0.4, 0.5) is 0 Å². The third kappa shape index (κ3) is 2.63. The van der Waals surface area contributed by atoms with E-state index in [0.29, 0.717) is 5.76 Å². The minimum absolute atomic E-state index is 0.0285. The van der Waals surface area contributed by atoms with Crippen molar-refractivity contribution in [1.82, 2.24) is 5.32 Å². The zero-order chi connectivity index (χ0) is 12.3. The summed E-state index contributed by atoms with van der Waals surface area (Å²) < 4.78 is 5.03. The van der Waals surface area contributed by atoms with E-state index in [4.69, 9.17) is 14.4 Å². The highest BCUT2D eigenvalue weighted by molar-refractivity contribution is 6.36. The summed E-state index contributed by atoms with van der Waals surface area (Å²) in [7, 11) is 0. The highest BCUT2D eigenvalue weighted by Crippen LogP contribution is 2.11. The molecule has 90 valence electrons. The monoisotopic (exact) mass is 238 g/mol. The van der Waals surface area contributed by atoms with Crippen LogP contribution in [0, 0.1) is 0 Å². The summed E-state index contributed by atoms with van der Waals surface area (Å²) in [6, 6.07) is 3.42. The first-order chi connectivity index (χ1) is 8.16. The van der Waals surface area contributed by atoms with Crippen LogP contribution in [0.1, 0.15) is 12.2 Å². The summed E-state index contributed by atoms with van der Waals surface area (Å²) in [5, 5.41) is 14.5. The van der Waals surface area contributed by atoms with Gasteiger partial charge in [0.05, 0.1) is 12.8 Å². The molecule has 7 nitrogen and oxygen atoms in total. The predicted molar refractivity (Wildman–Crippen MR) is 55.1 cm³/mol. The van der Waals surface area contributed by atoms with Gasteiger partial charge in [0.2, 0.25) is 6.10 Å². The summed E-state index contributed by atoms with van der Waals surface area (Å²) in [4.78, 5) is 26.8. The van der Waals surface area contributed by atoms with E-state index < -0.39 is 18.0 Å². The smallest absolute Gasteiger partial charge is 0.353 e. The molecule has 1 aliphatic heterocycles. The molecular weight excluding hydrogens is 228 g/mol. The van der Waals surface area contributed by atoms with Crippen LogP contribution in [0.25, 0.3) is 0 Å². The fraction of sp³-hybridized carbons (Fsp3) is 0.300. The molecular formula is C10H10N2O5. The van der Waals surface area contributed by atoms with Crippen LogP contribution in [0.2, 0.25) is 0 Å². The van der Waals surface area contributed by atoms with Crippen molar-refractivity contribution in [3.63, 3.8) is 0 Å². The highest BCUT2D eigenvalue weighted by atomic mass is 16.6. The number of oxime groups is 1. The van der Waals surface area contributed by atoms with Crippen LogP contribution in [-0.4, -0.2) is 28.8 Å². The van der Waals surface area contributed by atoms with Crippen LogP contribution >= 0.6 is 0 Å². The van der Waals surface area contributed by atoms with Gasteiger partial charge in [-0.05, 0) is 12.1 Å². The second kappa shape index (κ2) is 4.69. The quantitative estimate of drug-likeness (QED) is 0.776. The van der Waals surface area contributed by atoms with Crippen molar-refractivity contribution in [1.29, 1.82) is 0 Å². The fourth-order valence-corrected chi connectivity index (χ4v) is 1.35. The first kappa shape index (κ1) is 11.2. The maximum atomic E-state index is 11.6. The van der Waals surface area contributed by atoms with E-state index in [-0.39, 0.29) is 18.7 Å². The molecule has 1 atom stereocenters. The molecule has 1 aliphatic rings. The van der Waals surface area contributed by atoms with Gasteiger partial charge >= 0.3 is 5.97 Å². The zero-order valence-electron chi connectivity index (χ0n) is 8.75. The van der Waals surface area contributed by atoms with Gasteiger partial charge in [0.15, 0.2) is 5.71 Å². The lowest BCUT2D eigenvalue weighted by molar-refractivity contribution is -0.131. The Balaban J connectivity index is 1.81. The van der Waals surface area contributed by atoms with Gasteiger partial charge in [0.25, 0.3) is 5.91 Å². The lowest BCUT2D eigenvalue weighted by Crippen LogP contribution is -2.34. The number of carboxylic acid groups (broad SMARTS) is 1. The summed E-state index contributed by atoms with van der Waals surface area (Å²) in [5.41, 5.74) is -0.150. The van der Waals surface area contributed by atoms with Gasteiger partial charge in [-0.15, -0.1) is 0 Å². The maximum Gasteiger partial charge on any atom is 0.353 e. The average molecular weight is 238 g/mol. The molecule has 0 saturated heterocycles. The molecule has 7 heteroatoms. The summed E-state index contributed by atoms with van der Waals surface area (Å²) in [6.45, 7) is 0.230. The standard InChI is InChI=1S/C10H10N2O5/c13-9(11-5-6-2-1-3-16-6)8-4-7(10(14)15)12-17-8/h1-3,8H,4-5H2,(H,11,13)(H,14,15). The van der Waals surface area contributed by atoms with Crippen molar-refractivity contribution in [2.75, 3.05) is 0 Å². The number of aliphatic carboxylic acids is 1. The van der Waals surface area contributed by atoms with Gasteiger partial charge in [0, 0.05) is 6.42 Å². The number of nitrogens with one attached hydrogen (secondary N) is 1. The lowest BCUT2D eigenvalue weighted by Gasteiger charge is -2.07. The van der Waals surface area contributed by atoms with Gasteiger partial charge in [-0.1, -0.05) is 5.16 Å². The van der Waals surface area contributed by atoms with Gasteiger partial charge in [-0.2, -0.15) is 0 Å². The Morgan fingerprint density at radius 3 is 3.00 bits per heavy atom. The Labute approximate surface area is 96.0 Å². The topological polar surface area (TPSA) is 101 Å². The van der Waals surface area contributed by atoms with Crippen LogP contribution in [-0.2, 0) is 21.0 Å². The summed E-state index contributed by atoms with van der Waals surface area (Å²) >= 11 is 0. The third-order valence-corrected chi connectivity index (χ3v) is 2.23. The van der Waals surface area contributed by atoms with Crippen molar-refractivity contribution in [2.45, 2.75) is 19.1 Å². The van der Waals surface area contributed by atoms with Crippen molar-refractivity contribution in [3.8, 4) is 0 Å². The summed E-state index contributed by atoms with van der Waals surface area (Å²) in [5.74, 6) is -0.983. The first-order valence-electron chi connectivity index (χ1n) is 4.93. The highest BCUT2D eigenvalue weighted by Gasteiger charge is 2.31. The number of carboxylic acids is 1. The molecule has 1 unspecified atom stereocenters. The first-order valence-corrected chi connectivity index (χ1v) is 4.93. The number of furan rings is 1. The number of rotatable bonds is 4. The van der Waals surface area contributed by atoms with E-state index in [0.717, 1.165) is 0 Å². The second-order valence-electron chi connectivity index (χ2n) is 3.44. The Morgan fingerprint density at radius 2 is 2.41 bits per heavy atom. The van der Waals surface area contributed by atoms with E-state index >= 15 is 0 Å². The Morgan fingerprint density at radius 1 is 1.59 bits per heavy atom. The minimum atomic E-state index is -1.17. The number of nitrogens with zero attached hydrogens (tertiary/aromatic N) is 1. The molecule has 2 heterocycles. The van der Waals surface area contributed by atoms with Gasteiger partial charge in [-0.25, -0.2) is 4.79 Å². The molecule has 2 rings (SSSR count). The zero-order valence-corrected chi connectivity index (χ0v) is 8.75. The predicted octanol–water partition coefficient (Wildman–Crippen LogP) is 0.125. The minimum Gasteiger partial charge on any atom is -0.477 e. The molecule has 0 aromatic carbocycles. The fourth-order valence-electron chi connectivity index (χ4n) is 1.35. The van der Waals surface area contributed by atoms with E-state index in [9.17, 15) is 9.59 Å². The van der Waals surface area contributed by atoms with E-state index in [2.05, 4.69) is 10.5 Å². The van der Waals surface area contributed by atoms with E-state index in [1.54, 1.807) is 12.1 Å². The van der Waals surface area contributed by atoms with Gasteiger partial charge in [-0.3, -0.25) is 4.79 Å². The number of hydrogen-bond acceptors (Lipinski definition) is 5. The third-order valence-electron chi connectivity index (χ3n) is 2.23. The molecule has 0 fully saturated rings. The molecule has 0 bridgehead atoms. The van der Waals surface area contributed by atoms with Gasteiger partial charge in [0.1, 0.15) is 5.76 Å². The maximum absolute atomic E-state index is 11.6. The van der Waals surface area contributed by atoms with Gasteiger partial charge < -0.3 is 19.7 Å². The van der Waals surface area contributed by atoms with Crippen LogP contribution in [0.15, 0.2) is 28.0 Å². The largest absolute Gasteiger partial charge is 0.477 e. The van der Waals surface area contributed by atoms with Crippen molar-refractivity contribution >= 4 is 17.6 Å². The molecule has 0 radical (unpaired) electrons. The average Bonchev–Trinajstić information content (AvgIpc) is 2.96. The van der Waals surface area contributed by atoms with Crippen molar-refractivity contribution < 1.29 is 24.0 Å². The molecule has 1 amide bonds. The molecule has 17 heavy (non-hydrogen) atoms. The lowest BCUT2D eigenvalue weighted by atomic mass is 10.2. The number of hydrogen-bond donors (Lipinski definition) is 2. The molecule has 0 spiro atoms. The molecule has 2 N–H and O–H groups in total. The summed E-state index contributed by atoms with van der Waals surface area (Å²) in [6.07, 6.45) is 0.592. The van der Waals surface area contributed by atoms with Crippen LogP contribution in [0.5, 0.6) is 0 Å². The van der Waals surface area contributed by atoms with E-state index in [1.807, 2.05) is 0 Å². The van der Waals surface area contributed by atoms with Crippen molar-refractivity contribution in [3.05, 3.63) is 24.2 Å². The SMILES string of the molecule is O=C(O)C1=NOC(C(=O)NCc2ccco2)C1. The Bertz CT molecular complexity index is 451. The Kier molecular flexibility index (Phi) is 3.08. The molecule has 0 saturated carbocycles. The molecule has 1 aromatic heterocycles. The van der Waals surface area contributed by atoms with Crippen molar-refractivity contribution in [2.24, 2.45) is 5.16 Å². The molecule has 1 aromatic rings. The number of carbonyl (C=O) groups excluding carboxylic acids is 1. The number of amides is 1. The second-order valence-corrected chi connectivity index (χ2v) is 3.44. The normalized spacial score (nSPS) is 18.4. The van der Waals surface area contributed by atoms with Crippen LogP contribution < -0.4 is 5.32 Å². The Hall–Kier alpha value is -2.31. The van der Waals surface area contributed by atoms with Crippen LogP contribution in [0.3, 0.4) is 0 Å². The molecule has 0 aliphatic carbocycles. The number of carbonyl (C=O) groups is 2.